The van der Waals surface area contributed by atoms with Gasteiger partial charge in [-0.15, -0.1) is 0 Å². The van der Waals surface area contributed by atoms with Gasteiger partial charge in [-0.2, -0.15) is 0 Å². The Hall–Kier alpha value is -3.67. The average molecular weight is 536 g/mol. The van der Waals surface area contributed by atoms with Crippen LogP contribution < -0.4 is 10.6 Å². The first kappa shape index (κ1) is 25.6. The molecule has 0 aliphatic carbocycles. The van der Waals surface area contributed by atoms with Gasteiger partial charge in [0.1, 0.15) is 11.9 Å². The number of anilines is 1. The number of fused-ring (bicyclic) bond motifs is 1. The van der Waals surface area contributed by atoms with Crippen molar-refractivity contribution in [3.63, 3.8) is 0 Å². The fourth-order valence-corrected chi connectivity index (χ4v) is 5.79. The maximum Gasteiger partial charge on any atom is 0.264 e. The van der Waals surface area contributed by atoms with Gasteiger partial charge in [0.2, 0.25) is 11.8 Å². The Kier molecular flexibility index (Phi) is 6.88. The van der Waals surface area contributed by atoms with Crippen LogP contribution in [-0.2, 0) is 27.4 Å². The number of ether oxygens (including phenoxy) is 1. The Labute approximate surface area is 225 Å². The number of halogens is 1. The molecule has 204 valence electrons. The minimum absolute atomic E-state index is 0.0520. The minimum Gasteiger partial charge on any atom is -0.380 e. The number of piperidine rings is 1. The van der Waals surface area contributed by atoms with Gasteiger partial charge in [0.15, 0.2) is 0 Å². The number of imide groups is 2. The SMILES string of the molecule is O=C1CC[C@@H](N2C(=O)c3cccc(NCc4ccc(CN5CC(N6CCOCC6)C5)cc4F)c3C2=O)C(=O)N1. The van der Waals surface area contributed by atoms with Gasteiger partial charge in [-0.05, 0) is 30.2 Å². The van der Waals surface area contributed by atoms with Crippen LogP contribution in [-0.4, -0.2) is 89.8 Å². The molecule has 4 aliphatic rings. The summed E-state index contributed by atoms with van der Waals surface area (Å²) in [4.78, 5) is 55.8. The first-order valence-electron chi connectivity index (χ1n) is 13.3. The fourth-order valence-electron chi connectivity index (χ4n) is 5.79. The van der Waals surface area contributed by atoms with E-state index in [0.717, 1.165) is 49.9 Å². The summed E-state index contributed by atoms with van der Waals surface area (Å²) in [5.74, 6) is -2.61. The Balaban J connectivity index is 1.09. The molecule has 4 amide bonds. The van der Waals surface area contributed by atoms with Gasteiger partial charge in [-0.3, -0.25) is 39.2 Å². The number of nitrogens with one attached hydrogen (secondary N) is 2. The highest BCUT2D eigenvalue weighted by atomic mass is 19.1. The van der Waals surface area contributed by atoms with Crippen molar-refractivity contribution in [1.29, 1.82) is 0 Å². The first-order valence-corrected chi connectivity index (χ1v) is 13.3. The van der Waals surface area contributed by atoms with Crippen LogP contribution in [0, 0.1) is 5.82 Å². The largest absolute Gasteiger partial charge is 0.380 e. The third-order valence-corrected chi connectivity index (χ3v) is 7.96. The zero-order valence-corrected chi connectivity index (χ0v) is 21.5. The summed E-state index contributed by atoms with van der Waals surface area (Å²) in [6.45, 7) is 6.23. The molecule has 1 atom stereocenters. The molecule has 0 spiro atoms. The summed E-state index contributed by atoms with van der Waals surface area (Å²) in [5, 5.41) is 5.29. The molecule has 0 radical (unpaired) electrons. The second-order valence-electron chi connectivity index (χ2n) is 10.5. The Bertz CT molecular complexity index is 1340. The number of benzene rings is 2. The highest BCUT2D eigenvalue weighted by molar-refractivity contribution is 6.25. The molecular weight excluding hydrogens is 505 g/mol. The summed E-state index contributed by atoms with van der Waals surface area (Å²) in [6.07, 6.45) is 0.137. The monoisotopic (exact) mass is 535 g/mol. The molecule has 2 N–H and O–H groups in total. The summed E-state index contributed by atoms with van der Waals surface area (Å²) < 4.78 is 20.4. The third-order valence-electron chi connectivity index (χ3n) is 7.96. The van der Waals surface area contributed by atoms with Gasteiger partial charge in [-0.25, -0.2) is 4.39 Å². The number of hydrogen-bond donors (Lipinski definition) is 2. The van der Waals surface area contributed by atoms with Crippen molar-refractivity contribution in [3.8, 4) is 0 Å². The molecule has 11 heteroatoms. The molecule has 4 heterocycles. The van der Waals surface area contributed by atoms with E-state index in [1.165, 1.54) is 6.07 Å². The highest BCUT2D eigenvalue weighted by Gasteiger charge is 2.45. The number of nitrogens with zero attached hydrogens (tertiary/aromatic N) is 3. The van der Waals surface area contributed by atoms with Crippen LogP contribution in [0.5, 0.6) is 0 Å². The topological polar surface area (TPSA) is 111 Å². The summed E-state index contributed by atoms with van der Waals surface area (Å²) in [6, 6.07) is 9.52. The van der Waals surface area contributed by atoms with E-state index in [2.05, 4.69) is 20.4 Å². The van der Waals surface area contributed by atoms with Crippen LogP contribution in [0.3, 0.4) is 0 Å². The lowest BCUT2D eigenvalue weighted by Gasteiger charge is -2.46. The molecule has 0 saturated carbocycles. The lowest BCUT2D eigenvalue weighted by atomic mass is 10.0. The van der Waals surface area contributed by atoms with Crippen LogP contribution in [0.1, 0.15) is 44.7 Å². The lowest BCUT2D eigenvalue weighted by Crippen LogP contribution is -2.60. The number of carbonyl (C=O) groups excluding carboxylic acids is 4. The van der Waals surface area contributed by atoms with Crippen LogP contribution >= 0.6 is 0 Å². The van der Waals surface area contributed by atoms with Crippen molar-refractivity contribution >= 4 is 29.3 Å². The minimum atomic E-state index is -1.04. The first-order chi connectivity index (χ1) is 18.9. The van der Waals surface area contributed by atoms with Gasteiger partial charge in [0.05, 0.1) is 24.3 Å². The summed E-state index contributed by atoms with van der Waals surface area (Å²) >= 11 is 0. The summed E-state index contributed by atoms with van der Waals surface area (Å²) in [5.41, 5.74) is 2.05. The van der Waals surface area contributed by atoms with Gasteiger partial charge < -0.3 is 10.1 Å². The number of likely N-dealkylation sites (tertiary alicyclic amines) is 1. The van der Waals surface area contributed by atoms with Crippen molar-refractivity contribution in [1.82, 2.24) is 20.0 Å². The maximum atomic E-state index is 15.0. The Morgan fingerprint density at radius 2 is 1.82 bits per heavy atom. The van der Waals surface area contributed by atoms with Crippen molar-refractivity contribution in [2.75, 3.05) is 44.7 Å². The molecule has 10 nitrogen and oxygen atoms in total. The predicted octanol–water partition coefficient (Wildman–Crippen LogP) is 1.36. The predicted molar refractivity (Wildman–Crippen MR) is 138 cm³/mol. The van der Waals surface area contributed by atoms with E-state index < -0.39 is 29.7 Å². The lowest BCUT2D eigenvalue weighted by molar-refractivity contribution is -0.136. The van der Waals surface area contributed by atoms with E-state index in [1.54, 1.807) is 24.3 Å². The molecule has 2 aromatic rings. The number of carbonyl (C=O) groups is 4. The van der Waals surface area contributed by atoms with Gasteiger partial charge in [-0.1, -0.05) is 18.2 Å². The molecule has 2 aromatic carbocycles. The van der Waals surface area contributed by atoms with Crippen molar-refractivity contribution in [2.45, 2.75) is 38.0 Å². The van der Waals surface area contributed by atoms with Gasteiger partial charge >= 0.3 is 0 Å². The molecule has 4 aliphatic heterocycles. The summed E-state index contributed by atoms with van der Waals surface area (Å²) in [7, 11) is 0. The maximum absolute atomic E-state index is 15.0. The van der Waals surface area contributed by atoms with E-state index in [1.807, 2.05) is 6.07 Å². The number of amides is 4. The zero-order valence-electron chi connectivity index (χ0n) is 21.5. The van der Waals surface area contributed by atoms with E-state index >= 15 is 4.39 Å². The van der Waals surface area contributed by atoms with Crippen molar-refractivity contribution < 1.29 is 28.3 Å². The third kappa shape index (κ3) is 4.93. The second-order valence-corrected chi connectivity index (χ2v) is 10.5. The van der Waals surface area contributed by atoms with Crippen LogP contribution in [0.4, 0.5) is 10.1 Å². The van der Waals surface area contributed by atoms with Crippen LogP contribution in [0.15, 0.2) is 36.4 Å². The molecule has 3 fully saturated rings. The average Bonchev–Trinajstić information content (AvgIpc) is 3.16. The number of hydrogen-bond acceptors (Lipinski definition) is 8. The van der Waals surface area contributed by atoms with Crippen LogP contribution in [0.2, 0.25) is 0 Å². The quantitative estimate of drug-likeness (QED) is 0.512. The van der Waals surface area contributed by atoms with E-state index in [4.69, 9.17) is 4.74 Å². The van der Waals surface area contributed by atoms with Gasteiger partial charge in [0, 0.05) is 63.0 Å². The molecule has 3 saturated heterocycles. The second kappa shape index (κ2) is 10.5. The molecule has 0 aromatic heterocycles. The number of rotatable bonds is 7. The molecule has 6 rings (SSSR count). The zero-order chi connectivity index (χ0) is 27.1. The number of morpholine rings is 1. The molecular formula is C28H30FN5O5. The van der Waals surface area contributed by atoms with Gasteiger partial charge in [0.25, 0.3) is 11.8 Å². The van der Waals surface area contributed by atoms with Crippen LogP contribution in [0.25, 0.3) is 0 Å². The Morgan fingerprint density at radius 3 is 2.56 bits per heavy atom. The van der Waals surface area contributed by atoms with E-state index in [-0.39, 0.29) is 36.3 Å². The Morgan fingerprint density at radius 1 is 1.03 bits per heavy atom. The van der Waals surface area contributed by atoms with E-state index in [9.17, 15) is 19.2 Å². The fraction of sp³-hybridized carbons (Fsp3) is 0.429. The normalized spacial score (nSPS) is 22.6. The highest BCUT2D eigenvalue weighted by Crippen LogP contribution is 2.33. The molecule has 0 unspecified atom stereocenters. The molecule has 0 bridgehead atoms. The van der Waals surface area contributed by atoms with Crippen molar-refractivity contribution in [3.05, 3.63) is 64.5 Å². The smallest absolute Gasteiger partial charge is 0.264 e. The van der Waals surface area contributed by atoms with E-state index in [0.29, 0.717) is 23.8 Å². The standard InChI is InChI=1S/C28H30FN5O5/c29-21-12-17(14-32-15-19(16-32)33-8-10-39-11-9-33)4-5-18(21)13-30-22-3-1-2-20-25(22)28(38)34(27(20)37)23-6-7-24(35)31-26(23)36/h1-5,12,19,23,30H,6-11,13-16H2,(H,31,35,36)/t23-/m1/s1. The molecule has 39 heavy (non-hydrogen) atoms. The van der Waals surface area contributed by atoms with Crippen molar-refractivity contribution in [2.24, 2.45) is 0 Å².